The summed E-state index contributed by atoms with van der Waals surface area (Å²) in [6, 6.07) is 11.9. The minimum atomic E-state index is -3.86. The standard InChI is InChI=1S/C17H14Cl2N4O3S2/c1-10-3-2-4-11(7-10)9-20-28(25,26)17-23-22-16(27-17)21-15(24)13-6-5-12(18)8-14(13)19/h2-8,20H,9H2,1H3,(H,21,22,24). The van der Waals surface area contributed by atoms with E-state index in [1.807, 2.05) is 31.2 Å². The molecule has 3 aromatic rings. The van der Waals surface area contributed by atoms with Crippen LogP contribution in [0.25, 0.3) is 0 Å². The molecule has 0 saturated heterocycles. The fraction of sp³-hybridized carbons (Fsp3) is 0.118. The molecule has 3 rings (SSSR count). The Bertz CT molecular complexity index is 1130. The average molecular weight is 457 g/mol. The quantitative estimate of drug-likeness (QED) is 0.547. The van der Waals surface area contributed by atoms with Crippen molar-refractivity contribution >= 4 is 55.6 Å². The molecule has 2 N–H and O–H groups in total. The molecular formula is C17H14Cl2N4O3S2. The third-order valence-corrected chi connectivity index (χ3v) is 6.74. The normalized spacial score (nSPS) is 11.4. The molecule has 0 bridgehead atoms. The second kappa shape index (κ2) is 8.54. The van der Waals surface area contributed by atoms with Gasteiger partial charge < -0.3 is 0 Å². The van der Waals surface area contributed by atoms with E-state index in [-0.39, 0.29) is 26.6 Å². The Balaban J connectivity index is 1.69. The Morgan fingerprint density at radius 3 is 2.64 bits per heavy atom. The molecular weight excluding hydrogens is 443 g/mol. The lowest BCUT2D eigenvalue weighted by atomic mass is 10.1. The summed E-state index contributed by atoms with van der Waals surface area (Å²) in [5.41, 5.74) is 2.03. The average Bonchev–Trinajstić information content (AvgIpc) is 3.09. The number of anilines is 1. The number of nitrogens with zero attached hydrogens (tertiary/aromatic N) is 2. The van der Waals surface area contributed by atoms with Crippen LogP contribution in [0.2, 0.25) is 10.0 Å². The molecule has 146 valence electrons. The van der Waals surface area contributed by atoms with Crippen LogP contribution in [0.3, 0.4) is 0 Å². The minimum absolute atomic E-state index is 0.0342. The molecule has 0 atom stereocenters. The molecule has 1 amide bonds. The third-order valence-electron chi connectivity index (χ3n) is 3.58. The summed E-state index contributed by atoms with van der Waals surface area (Å²) in [7, 11) is -3.86. The van der Waals surface area contributed by atoms with Crippen molar-refractivity contribution in [2.24, 2.45) is 0 Å². The number of sulfonamides is 1. The number of carbonyl (C=O) groups excluding carboxylic acids is 1. The maximum Gasteiger partial charge on any atom is 0.270 e. The minimum Gasteiger partial charge on any atom is -0.296 e. The number of carbonyl (C=O) groups is 1. The molecule has 7 nitrogen and oxygen atoms in total. The van der Waals surface area contributed by atoms with E-state index in [1.165, 1.54) is 18.2 Å². The van der Waals surface area contributed by atoms with Crippen LogP contribution in [0.4, 0.5) is 5.13 Å². The monoisotopic (exact) mass is 456 g/mol. The zero-order valence-corrected chi connectivity index (χ0v) is 17.6. The lowest BCUT2D eigenvalue weighted by Gasteiger charge is -2.05. The smallest absolute Gasteiger partial charge is 0.270 e. The van der Waals surface area contributed by atoms with Gasteiger partial charge in [0.15, 0.2) is 0 Å². The van der Waals surface area contributed by atoms with Crippen molar-refractivity contribution in [2.45, 2.75) is 17.8 Å². The predicted octanol–water partition coefficient (Wildman–Crippen LogP) is 3.88. The molecule has 2 aromatic carbocycles. The first-order chi connectivity index (χ1) is 13.2. The number of aromatic nitrogens is 2. The molecule has 11 heteroatoms. The van der Waals surface area contributed by atoms with Crippen molar-refractivity contribution in [3.8, 4) is 0 Å². The van der Waals surface area contributed by atoms with E-state index in [1.54, 1.807) is 0 Å². The summed E-state index contributed by atoms with van der Waals surface area (Å²) in [5.74, 6) is -0.547. The molecule has 0 fully saturated rings. The number of hydrogen-bond acceptors (Lipinski definition) is 6. The van der Waals surface area contributed by atoms with Crippen LogP contribution in [0.1, 0.15) is 21.5 Å². The lowest BCUT2D eigenvalue weighted by molar-refractivity contribution is 0.102. The Hall–Kier alpha value is -2.04. The van der Waals surface area contributed by atoms with Gasteiger partial charge in [0.25, 0.3) is 15.9 Å². The number of hydrogen-bond donors (Lipinski definition) is 2. The molecule has 1 aromatic heterocycles. The van der Waals surface area contributed by atoms with E-state index in [0.717, 1.165) is 22.5 Å². The fourth-order valence-electron chi connectivity index (χ4n) is 2.27. The maximum absolute atomic E-state index is 12.4. The first-order valence-corrected chi connectivity index (χ1v) is 11.0. The Morgan fingerprint density at radius 1 is 1.14 bits per heavy atom. The lowest BCUT2D eigenvalue weighted by Crippen LogP contribution is -2.23. The highest BCUT2D eigenvalue weighted by molar-refractivity contribution is 7.91. The summed E-state index contributed by atoms with van der Waals surface area (Å²) >= 11 is 12.5. The number of benzene rings is 2. The largest absolute Gasteiger partial charge is 0.296 e. The third kappa shape index (κ3) is 5.06. The molecule has 0 radical (unpaired) electrons. The highest BCUT2D eigenvalue weighted by Crippen LogP contribution is 2.24. The van der Waals surface area contributed by atoms with Gasteiger partial charge in [-0.15, -0.1) is 10.2 Å². The summed E-state index contributed by atoms with van der Waals surface area (Å²) in [6.07, 6.45) is 0. The van der Waals surface area contributed by atoms with Gasteiger partial charge >= 0.3 is 0 Å². The molecule has 0 saturated carbocycles. The van der Waals surface area contributed by atoms with Gasteiger partial charge in [-0.05, 0) is 30.7 Å². The number of rotatable bonds is 6. The molecule has 0 aliphatic carbocycles. The van der Waals surface area contributed by atoms with E-state index in [2.05, 4.69) is 20.2 Å². The second-order valence-corrected chi connectivity index (χ2v) is 9.53. The van der Waals surface area contributed by atoms with Gasteiger partial charge in [-0.3, -0.25) is 10.1 Å². The van der Waals surface area contributed by atoms with Crippen LogP contribution in [-0.4, -0.2) is 24.5 Å². The number of amides is 1. The Morgan fingerprint density at radius 2 is 1.93 bits per heavy atom. The van der Waals surface area contributed by atoms with Crippen LogP contribution in [0.15, 0.2) is 46.8 Å². The van der Waals surface area contributed by atoms with Gasteiger partial charge in [0.1, 0.15) is 0 Å². The van der Waals surface area contributed by atoms with Crippen LogP contribution in [0.5, 0.6) is 0 Å². The van der Waals surface area contributed by atoms with Crippen molar-refractivity contribution < 1.29 is 13.2 Å². The summed E-state index contributed by atoms with van der Waals surface area (Å²) < 4.78 is 27.0. The van der Waals surface area contributed by atoms with Gasteiger partial charge in [-0.25, -0.2) is 13.1 Å². The number of halogens is 2. The fourth-order valence-corrected chi connectivity index (χ4v) is 4.72. The summed E-state index contributed by atoms with van der Waals surface area (Å²) in [4.78, 5) is 12.3. The first kappa shape index (κ1) is 20.7. The second-order valence-electron chi connectivity index (χ2n) is 5.77. The highest BCUT2D eigenvalue weighted by atomic mass is 35.5. The molecule has 0 unspecified atom stereocenters. The van der Waals surface area contributed by atoms with E-state index in [0.29, 0.717) is 5.02 Å². The van der Waals surface area contributed by atoms with Crippen LogP contribution in [0, 0.1) is 6.92 Å². The number of nitrogens with one attached hydrogen (secondary N) is 2. The topological polar surface area (TPSA) is 101 Å². The molecule has 1 heterocycles. The van der Waals surface area contributed by atoms with E-state index >= 15 is 0 Å². The van der Waals surface area contributed by atoms with E-state index in [4.69, 9.17) is 23.2 Å². The Labute approximate surface area is 175 Å². The van der Waals surface area contributed by atoms with Crippen molar-refractivity contribution in [1.29, 1.82) is 0 Å². The van der Waals surface area contributed by atoms with Gasteiger partial charge in [0.05, 0.1) is 10.6 Å². The first-order valence-electron chi connectivity index (χ1n) is 7.90. The SMILES string of the molecule is Cc1cccc(CNS(=O)(=O)c2nnc(NC(=O)c3ccc(Cl)cc3Cl)s2)c1. The predicted molar refractivity (Wildman–Crippen MR) is 110 cm³/mol. The van der Waals surface area contributed by atoms with Crippen LogP contribution in [-0.2, 0) is 16.6 Å². The van der Waals surface area contributed by atoms with Gasteiger partial charge in [0, 0.05) is 11.6 Å². The van der Waals surface area contributed by atoms with Crippen molar-refractivity contribution in [1.82, 2.24) is 14.9 Å². The molecule has 0 spiro atoms. The van der Waals surface area contributed by atoms with E-state index in [9.17, 15) is 13.2 Å². The van der Waals surface area contributed by atoms with E-state index < -0.39 is 15.9 Å². The van der Waals surface area contributed by atoms with Gasteiger partial charge in [-0.2, -0.15) is 0 Å². The Kier molecular flexibility index (Phi) is 6.31. The van der Waals surface area contributed by atoms with Crippen molar-refractivity contribution in [3.05, 3.63) is 69.2 Å². The molecule has 0 aliphatic rings. The van der Waals surface area contributed by atoms with Crippen molar-refractivity contribution in [3.63, 3.8) is 0 Å². The maximum atomic E-state index is 12.4. The number of aryl methyl sites for hydroxylation is 1. The summed E-state index contributed by atoms with van der Waals surface area (Å²) in [6.45, 7) is 2.04. The highest BCUT2D eigenvalue weighted by Gasteiger charge is 2.21. The van der Waals surface area contributed by atoms with Gasteiger partial charge in [-0.1, -0.05) is 64.4 Å². The zero-order chi connectivity index (χ0) is 20.3. The molecule has 28 heavy (non-hydrogen) atoms. The zero-order valence-electron chi connectivity index (χ0n) is 14.4. The van der Waals surface area contributed by atoms with Gasteiger partial charge in [0.2, 0.25) is 9.47 Å². The molecule has 0 aliphatic heterocycles. The van der Waals surface area contributed by atoms with Crippen LogP contribution < -0.4 is 10.0 Å². The summed E-state index contributed by atoms with van der Waals surface area (Å²) in [5, 5.41) is 10.4. The van der Waals surface area contributed by atoms with Crippen molar-refractivity contribution in [2.75, 3.05) is 5.32 Å². The van der Waals surface area contributed by atoms with Crippen LogP contribution >= 0.6 is 34.5 Å².